The van der Waals surface area contributed by atoms with Crippen LogP contribution >= 0.6 is 0 Å². The summed E-state index contributed by atoms with van der Waals surface area (Å²) in [6, 6.07) is 15.8. The topological polar surface area (TPSA) is 50.7 Å². The van der Waals surface area contributed by atoms with Gasteiger partial charge in [-0.3, -0.25) is 0 Å². The van der Waals surface area contributed by atoms with Crippen molar-refractivity contribution in [3.8, 4) is 11.6 Å². The van der Waals surface area contributed by atoms with E-state index in [9.17, 15) is 0 Å². The fraction of sp³-hybridized carbons (Fsp3) is 0.333. The van der Waals surface area contributed by atoms with Gasteiger partial charge in [-0.15, -0.1) is 0 Å². The molecule has 27 heavy (non-hydrogen) atoms. The molecule has 1 aromatic heterocycles. The molecule has 0 saturated carbocycles. The molecule has 3 aromatic rings. The van der Waals surface area contributed by atoms with Gasteiger partial charge in [0.25, 0.3) is 5.88 Å². The number of fused-ring (bicyclic) bond motifs is 1. The lowest BCUT2D eigenvalue weighted by atomic mass is 10.2. The van der Waals surface area contributed by atoms with Gasteiger partial charge in [0.05, 0.1) is 18.1 Å². The van der Waals surface area contributed by atoms with Gasteiger partial charge in [0, 0.05) is 26.2 Å². The zero-order valence-electron chi connectivity index (χ0n) is 15.8. The number of piperazine rings is 1. The molecule has 1 aliphatic heterocycles. The van der Waals surface area contributed by atoms with Crippen molar-refractivity contribution >= 4 is 16.9 Å². The van der Waals surface area contributed by atoms with Crippen LogP contribution in [0.1, 0.15) is 5.56 Å². The van der Waals surface area contributed by atoms with E-state index in [0.717, 1.165) is 54.3 Å². The second-order valence-corrected chi connectivity index (χ2v) is 6.77. The van der Waals surface area contributed by atoms with E-state index in [1.165, 1.54) is 0 Å². The summed E-state index contributed by atoms with van der Waals surface area (Å²) in [5, 5.41) is 0. The SMILES string of the molecule is COc1ccc(COc2nc3ccccc3nc2N2CCN(C)CC2)cc1. The molecule has 4 rings (SSSR count). The Kier molecular flexibility index (Phi) is 5.07. The highest BCUT2D eigenvalue weighted by Crippen LogP contribution is 2.28. The quantitative estimate of drug-likeness (QED) is 0.694. The van der Waals surface area contributed by atoms with E-state index in [1.807, 2.05) is 48.5 Å². The summed E-state index contributed by atoms with van der Waals surface area (Å²) in [5.41, 5.74) is 2.80. The Morgan fingerprint density at radius 3 is 2.22 bits per heavy atom. The molecular formula is C21H24N4O2. The first-order chi connectivity index (χ1) is 13.2. The molecule has 0 N–H and O–H groups in total. The van der Waals surface area contributed by atoms with Gasteiger partial charge in [0.1, 0.15) is 12.4 Å². The van der Waals surface area contributed by atoms with Crippen LogP contribution in [-0.4, -0.2) is 55.2 Å². The second-order valence-electron chi connectivity index (χ2n) is 6.77. The number of hydrogen-bond donors (Lipinski definition) is 0. The molecule has 2 aromatic carbocycles. The third-order valence-corrected chi connectivity index (χ3v) is 4.86. The van der Waals surface area contributed by atoms with Crippen molar-refractivity contribution < 1.29 is 9.47 Å². The summed E-state index contributed by atoms with van der Waals surface area (Å²) in [6.07, 6.45) is 0. The molecule has 140 valence electrons. The zero-order valence-corrected chi connectivity index (χ0v) is 15.8. The third-order valence-electron chi connectivity index (χ3n) is 4.86. The van der Waals surface area contributed by atoms with Crippen LogP contribution in [-0.2, 0) is 6.61 Å². The molecule has 2 heterocycles. The molecule has 6 heteroatoms. The number of aromatic nitrogens is 2. The molecule has 1 fully saturated rings. The van der Waals surface area contributed by atoms with Crippen LogP contribution in [0.5, 0.6) is 11.6 Å². The summed E-state index contributed by atoms with van der Waals surface area (Å²) in [5.74, 6) is 2.26. The lowest BCUT2D eigenvalue weighted by molar-refractivity contribution is 0.286. The van der Waals surface area contributed by atoms with Crippen molar-refractivity contribution in [2.75, 3.05) is 45.2 Å². The average molecular weight is 364 g/mol. The molecule has 6 nitrogen and oxygen atoms in total. The van der Waals surface area contributed by atoms with Crippen LogP contribution < -0.4 is 14.4 Å². The number of rotatable bonds is 5. The first kappa shape index (κ1) is 17.5. The number of para-hydroxylation sites is 2. The number of likely N-dealkylation sites (N-methyl/N-ethyl adjacent to an activating group) is 1. The van der Waals surface area contributed by atoms with Crippen molar-refractivity contribution in [1.82, 2.24) is 14.9 Å². The monoisotopic (exact) mass is 364 g/mol. The van der Waals surface area contributed by atoms with E-state index in [1.54, 1.807) is 7.11 Å². The van der Waals surface area contributed by atoms with Crippen LogP contribution in [0.3, 0.4) is 0 Å². The maximum absolute atomic E-state index is 6.12. The van der Waals surface area contributed by atoms with E-state index in [2.05, 4.69) is 16.8 Å². The molecule has 0 aliphatic carbocycles. The Morgan fingerprint density at radius 2 is 1.56 bits per heavy atom. The summed E-state index contributed by atoms with van der Waals surface area (Å²) in [6.45, 7) is 4.29. The zero-order chi connectivity index (χ0) is 18.6. The van der Waals surface area contributed by atoms with Gasteiger partial charge >= 0.3 is 0 Å². The number of anilines is 1. The van der Waals surface area contributed by atoms with Gasteiger partial charge in [0.2, 0.25) is 0 Å². The predicted octanol–water partition coefficient (Wildman–Crippen LogP) is 2.97. The molecule has 0 atom stereocenters. The number of hydrogen-bond acceptors (Lipinski definition) is 6. The van der Waals surface area contributed by atoms with Gasteiger partial charge < -0.3 is 19.3 Å². The standard InChI is InChI=1S/C21H24N4O2/c1-24-11-13-25(14-12-24)20-21(23-19-6-4-3-5-18(19)22-20)27-15-16-7-9-17(26-2)10-8-16/h3-10H,11-15H2,1-2H3. The van der Waals surface area contributed by atoms with E-state index in [-0.39, 0.29) is 0 Å². The van der Waals surface area contributed by atoms with Crippen LogP contribution in [0.15, 0.2) is 48.5 Å². The maximum atomic E-state index is 6.12. The fourth-order valence-corrected chi connectivity index (χ4v) is 3.17. The van der Waals surface area contributed by atoms with Gasteiger partial charge in [-0.05, 0) is 36.9 Å². The molecular weight excluding hydrogens is 340 g/mol. The Morgan fingerprint density at radius 1 is 0.889 bits per heavy atom. The Hall–Kier alpha value is -2.86. The van der Waals surface area contributed by atoms with E-state index < -0.39 is 0 Å². The maximum Gasteiger partial charge on any atom is 0.258 e. The minimum absolute atomic E-state index is 0.442. The molecule has 0 radical (unpaired) electrons. The number of nitrogens with zero attached hydrogens (tertiary/aromatic N) is 4. The van der Waals surface area contributed by atoms with Gasteiger partial charge in [-0.2, -0.15) is 0 Å². The van der Waals surface area contributed by atoms with Gasteiger partial charge in [0.15, 0.2) is 5.82 Å². The first-order valence-electron chi connectivity index (χ1n) is 9.19. The van der Waals surface area contributed by atoms with E-state index >= 15 is 0 Å². The molecule has 0 spiro atoms. The minimum Gasteiger partial charge on any atom is -0.497 e. The molecule has 0 amide bonds. The van der Waals surface area contributed by atoms with Gasteiger partial charge in [-0.1, -0.05) is 24.3 Å². The van der Waals surface area contributed by atoms with Crippen molar-refractivity contribution in [1.29, 1.82) is 0 Å². The smallest absolute Gasteiger partial charge is 0.258 e. The predicted molar refractivity (Wildman–Crippen MR) is 107 cm³/mol. The van der Waals surface area contributed by atoms with Crippen LogP contribution in [0.25, 0.3) is 11.0 Å². The first-order valence-corrected chi connectivity index (χ1v) is 9.19. The number of benzene rings is 2. The average Bonchev–Trinajstić information content (AvgIpc) is 2.72. The number of ether oxygens (including phenoxy) is 2. The highest BCUT2D eigenvalue weighted by atomic mass is 16.5. The lowest BCUT2D eigenvalue weighted by Crippen LogP contribution is -2.45. The van der Waals surface area contributed by atoms with Crippen molar-refractivity contribution in [3.05, 3.63) is 54.1 Å². The normalized spacial score (nSPS) is 15.1. The molecule has 1 aliphatic rings. The Labute approximate surface area is 159 Å². The van der Waals surface area contributed by atoms with Crippen LogP contribution in [0.2, 0.25) is 0 Å². The largest absolute Gasteiger partial charge is 0.497 e. The van der Waals surface area contributed by atoms with E-state index in [0.29, 0.717) is 12.5 Å². The summed E-state index contributed by atoms with van der Waals surface area (Å²) < 4.78 is 11.3. The molecule has 0 unspecified atom stereocenters. The van der Waals surface area contributed by atoms with Crippen LogP contribution in [0.4, 0.5) is 5.82 Å². The van der Waals surface area contributed by atoms with E-state index in [4.69, 9.17) is 19.4 Å². The van der Waals surface area contributed by atoms with Gasteiger partial charge in [-0.25, -0.2) is 9.97 Å². The minimum atomic E-state index is 0.442. The van der Waals surface area contributed by atoms with Crippen molar-refractivity contribution in [2.45, 2.75) is 6.61 Å². The Bertz CT molecular complexity index is 906. The fourth-order valence-electron chi connectivity index (χ4n) is 3.17. The third kappa shape index (κ3) is 3.95. The summed E-state index contributed by atoms with van der Waals surface area (Å²) in [4.78, 5) is 14.2. The highest BCUT2D eigenvalue weighted by molar-refractivity contribution is 5.77. The van der Waals surface area contributed by atoms with Crippen LogP contribution in [0, 0.1) is 0 Å². The molecule has 1 saturated heterocycles. The van der Waals surface area contributed by atoms with Crippen molar-refractivity contribution in [2.24, 2.45) is 0 Å². The second kappa shape index (κ2) is 7.80. The number of methoxy groups -OCH3 is 1. The summed E-state index contributed by atoms with van der Waals surface area (Å²) in [7, 11) is 3.81. The highest BCUT2D eigenvalue weighted by Gasteiger charge is 2.21. The molecule has 0 bridgehead atoms. The van der Waals surface area contributed by atoms with Crippen molar-refractivity contribution in [3.63, 3.8) is 0 Å². The Balaban J connectivity index is 1.61. The lowest BCUT2D eigenvalue weighted by Gasteiger charge is -2.33. The summed E-state index contributed by atoms with van der Waals surface area (Å²) >= 11 is 0.